The van der Waals surface area contributed by atoms with Gasteiger partial charge in [-0.15, -0.1) is 0 Å². The van der Waals surface area contributed by atoms with E-state index in [1.54, 1.807) is 12.1 Å². The zero-order valence-corrected chi connectivity index (χ0v) is 9.22. The van der Waals surface area contributed by atoms with Crippen LogP contribution in [0.1, 0.15) is 18.9 Å². The summed E-state index contributed by atoms with van der Waals surface area (Å²) in [6.45, 7) is 7.72. The van der Waals surface area contributed by atoms with E-state index in [0.29, 0.717) is 0 Å². The molecule has 0 bridgehead atoms. The zero-order valence-electron chi connectivity index (χ0n) is 9.22. The van der Waals surface area contributed by atoms with Gasteiger partial charge < -0.3 is 5.32 Å². The van der Waals surface area contributed by atoms with Gasteiger partial charge in [0.1, 0.15) is 5.82 Å². The second-order valence-electron chi connectivity index (χ2n) is 3.66. The summed E-state index contributed by atoms with van der Waals surface area (Å²) in [6.07, 6.45) is 1.86. The Morgan fingerprint density at radius 3 is 2.93 bits per heavy atom. The van der Waals surface area contributed by atoms with E-state index in [-0.39, 0.29) is 5.82 Å². The number of hydrogen-bond acceptors (Lipinski definition) is 1. The molecule has 1 N–H and O–H groups in total. The van der Waals surface area contributed by atoms with Crippen LogP contribution in [0.3, 0.4) is 0 Å². The van der Waals surface area contributed by atoms with Gasteiger partial charge in [-0.3, -0.25) is 0 Å². The largest absolute Gasteiger partial charge is 0.313 e. The number of benzene rings is 1. The van der Waals surface area contributed by atoms with Crippen molar-refractivity contribution in [3.8, 4) is 0 Å². The standard InChI is InChI=1S/C13H18FN/c1-3-11(2)10-15-8-7-12-5-4-6-13(14)9-12/h4-6,9,15H,2-3,7-8,10H2,1H3. The van der Waals surface area contributed by atoms with E-state index in [2.05, 4.69) is 18.8 Å². The van der Waals surface area contributed by atoms with Gasteiger partial charge in [0.2, 0.25) is 0 Å². The molecule has 0 saturated heterocycles. The zero-order chi connectivity index (χ0) is 11.1. The van der Waals surface area contributed by atoms with Gasteiger partial charge in [0.25, 0.3) is 0 Å². The smallest absolute Gasteiger partial charge is 0.123 e. The van der Waals surface area contributed by atoms with Crippen LogP contribution in [-0.2, 0) is 6.42 Å². The third-order valence-corrected chi connectivity index (χ3v) is 2.35. The summed E-state index contributed by atoms with van der Waals surface area (Å²) in [5.41, 5.74) is 2.24. The Hall–Kier alpha value is -1.15. The van der Waals surface area contributed by atoms with Crippen molar-refractivity contribution in [2.24, 2.45) is 0 Å². The Balaban J connectivity index is 2.23. The van der Waals surface area contributed by atoms with Crippen LogP contribution >= 0.6 is 0 Å². The van der Waals surface area contributed by atoms with E-state index in [0.717, 1.165) is 31.5 Å². The maximum Gasteiger partial charge on any atom is 0.123 e. The summed E-state index contributed by atoms with van der Waals surface area (Å²) in [5, 5.41) is 3.28. The molecule has 0 radical (unpaired) electrons. The summed E-state index contributed by atoms with van der Waals surface area (Å²) in [5.74, 6) is -0.162. The summed E-state index contributed by atoms with van der Waals surface area (Å²) in [7, 11) is 0. The van der Waals surface area contributed by atoms with Crippen LogP contribution < -0.4 is 5.32 Å². The van der Waals surface area contributed by atoms with E-state index < -0.39 is 0 Å². The van der Waals surface area contributed by atoms with Crippen molar-refractivity contribution in [2.45, 2.75) is 19.8 Å². The first-order valence-electron chi connectivity index (χ1n) is 5.34. The number of rotatable bonds is 6. The van der Waals surface area contributed by atoms with E-state index in [9.17, 15) is 4.39 Å². The fraction of sp³-hybridized carbons (Fsp3) is 0.385. The van der Waals surface area contributed by atoms with Gasteiger partial charge in [-0.05, 0) is 37.1 Å². The van der Waals surface area contributed by atoms with Crippen LogP contribution in [0.15, 0.2) is 36.4 Å². The summed E-state index contributed by atoms with van der Waals surface area (Å²) < 4.78 is 12.8. The first kappa shape index (κ1) is 11.9. The highest BCUT2D eigenvalue weighted by atomic mass is 19.1. The third-order valence-electron chi connectivity index (χ3n) is 2.35. The molecule has 0 aliphatic heterocycles. The Morgan fingerprint density at radius 1 is 1.47 bits per heavy atom. The number of nitrogens with one attached hydrogen (secondary N) is 1. The van der Waals surface area contributed by atoms with E-state index in [1.165, 1.54) is 11.6 Å². The van der Waals surface area contributed by atoms with Crippen molar-refractivity contribution in [1.82, 2.24) is 5.32 Å². The van der Waals surface area contributed by atoms with Crippen LogP contribution in [0, 0.1) is 5.82 Å². The van der Waals surface area contributed by atoms with Crippen LogP contribution in [0.25, 0.3) is 0 Å². The fourth-order valence-corrected chi connectivity index (χ4v) is 1.32. The molecule has 0 unspecified atom stereocenters. The molecular weight excluding hydrogens is 189 g/mol. The molecule has 1 aromatic carbocycles. The lowest BCUT2D eigenvalue weighted by Gasteiger charge is -2.05. The second-order valence-corrected chi connectivity index (χ2v) is 3.66. The molecule has 0 heterocycles. The maximum atomic E-state index is 12.8. The van der Waals surface area contributed by atoms with E-state index in [1.807, 2.05) is 6.07 Å². The summed E-state index contributed by atoms with van der Waals surface area (Å²) in [4.78, 5) is 0. The SMILES string of the molecule is C=C(CC)CNCCc1cccc(F)c1. The van der Waals surface area contributed by atoms with Crippen molar-refractivity contribution in [1.29, 1.82) is 0 Å². The highest BCUT2D eigenvalue weighted by molar-refractivity contribution is 5.16. The molecule has 0 atom stereocenters. The molecular formula is C13H18FN. The minimum Gasteiger partial charge on any atom is -0.313 e. The first-order valence-corrected chi connectivity index (χ1v) is 5.34. The van der Waals surface area contributed by atoms with Crippen LogP contribution in [0.2, 0.25) is 0 Å². The van der Waals surface area contributed by atoms with Gasteiger partial charge in [0, 0.05) is 6.54 Å². The Morgan fingerprint density at radius 2 is 2.27 bits per heavy atom. The number of halogens is 1. The average molecular weight is 207 g/mol. The molecule has 0 saturated carbocycles. The lowest BCUT2D eigenvalue weighted by atomic mass is 10.1. The molecule has 1 nitrogen and oxygen atoms in total. The van der Waals surface area contributed by atoms with Crippen molar-refractivity contribution in [2.75, 3.05) is 13.1 Å². The number of hydrogen-bond donors (Lipinski definition) is 1. The molecule has 0 amide bonds. The third kappa shape index (κ3) is 4.75. The molecule has 1 rings (SSSR count). The van der Waals surface area contributed by atoms with Crippen molar-refractivity contribution in [3.63, 3.8) is 0 Å². The molecule has 82 valence electrons. The topological polar surface area (TPSA) is 12.0 Å². The fourth-order valence-electron chi connectivity index (χ4n) is 1.32. The normalized spacial score (nSPS) is 10.3. The van der Waals surface area contributed by atoms with Crippen LogP contribution in [0.5, 0.6) is 0 Å². The predicted octanol–water partition coefficient (Wildman–Crippen LogP) is 2.92. The van der Waals surface area contributed by atoms with E-state index >= 15 is 0 Å². The Labute approximate surface area is 91.0 Å². The molecule has 0 aromatic heterocycles. The molecule has 2 heteroatoms. The first-order chi connectivity index (χ1) is 7.22. The second kappa shape index (κ2) is 6.36. The lowest BCUT2D eigenvalue weighted by molar-refractivity contribution is 0.623. The van der Waals surface area contributed by atoms with Gasteiger partial charge in [-0.25, -0.2) is 4.39 Å². The minimum atomic E-state index is -0.162. The van der Waals surface area contributed by atoms with Gasteiger partial charge in [-0.2, -0.15) is 0 Å². The highest BCUT2D eigenvalue weighted by Crippen LogP contribution is 2.03. The average Bonchev–Trinajstić information content (AvgIpc) is 2.24. The molecule has 1 aromatic rings. The monoisotopic (exact) mass is 207 g/mol. The van der Waals surface area contributed by atoms with Gasteiger partial charge in [0.15, 0.2) is 0 Å². The van der Waals surface area contributed by atoms with Gasteiger partial charge in [-0.1, -0.05) is 31.2 Å². The molecule has 0 fully saturated rings. The Bertz CT molecular complexity index is 320. The minimum absolute atomic E-state index is 0.162. The summed E-state index contributed by atoms with van der Waals surface area (Å²) in [6, 6.07) is 6.74. The highest BCUT2D eigenvalue weighted by Gasteiger charge is 1.95. The van der Waals surface area contributed by atoms with Gasteiger partial charge >= 0.3 is 0 Å². The molecule has 15 heavy (non-hydrogen) atoms. The molecule has 0 aliphatic rings. The summed E-state index contributed by atoms with van der Waals surface area (Å²) >= 11 is 0. The lowest BCUT2D eigenvalue weighted by Crippen LogP contribution is -2.19. The molecule has 0 aliphatic carbocycles. The van der Waals surface area contributed by atoms with Crippen LogP contribution in [0.4, 0.5) is 4.39 Å². The van der Waals surface area contributed by atoms with Gasteiger partial charge in [0.05, 0.1) is 0 Å². The van der Waals surface area contributed by atoms with Crippen molar-refractivity contribution < 1.29 is 4.39 Å². The van der Waals surface area contributed by atoms with Crippen molar-refractivity contribution in [3.05, 3.63) is 47.8 Å². The predicted molar refractivity (Wildman–Crippen MR) is 62.4 cm³/mol. The van der Waals surface area contributed by atoms with Crippen LogP contribution in [-0.4, -0.2) is 13.1 Å². The van der Waals surface area contributed by atoms with E-state index in [4.69, 9.17) is 0 Å². The maximum absolute atomic E-state index is 12.8. The quantitative estimate of drug-likeness (QED) is 0.558. The molecule has 0 spiro atoms. The van der Waals surface area contributed by atoms with Crippen molar-refractivity contribution >= 4 is 0 Å². The Kier molecular flexibility index (Phi) is 5.05.